The summed E-state index contributed by atoms with van der Waals surface area (Å²) in [6.07, 6.45) is 5.11. The second kappa shape index (κ2) is 5.26. The van der Waals surface area contributed by atoms with E-state index in [1.165, 1.54) is 36.5 Å². The van der Waals surface area contributed by atoms with Crippen LogP contribution in [0.2, 0.25) is 0 Å². The summed E-state index contributed by atoms with van der Waals surface area (Å²) >= 11 is 0. The average molecular weight is 282 g/mol. The van der Waals surface area contributed by atoms with Crippen molar-refractivity contribution in [1.29, 1.82) is 0 Å². The molecule has 3 heterocycles. The van der Waals surface area contributed by atoms with Crippen molar-refractivity contribution >= 4 is 16.6 Å². The smallest absolute Gasteiger partial charge is 0.159 e. The van der Waals surface area contributed by atoms with Gasteiger partial charge >= 0.3 is 0 Å². The molecule has 1 N–H and O–H groups in total. The third-order valence-electron chi connectivity index (χ3n) is 4.99. The lowest BCUT2D eigenvalue weighted by atomic mass is 10.0. The highest BCUT2D eigenvalue weighted by Crippen LogP contribution is 2.33. The van der Waals surface area contributed by atoms with E-state index in [1.807, 2.05) is 6.92 Å². The first kappa shape index (κ1) is 13.0. The maximum atomic E-state index is 4.56. The highest BCUT2D eigenvalue weighted by atomic mass is 15.3. The first-order valence-electron chi connectivity index (χ1n) is 8.06. The molecular formula is C17H22N4. The van der Waals surface area contributed by atoms with Crippen LogP contribution in [0.1, 0.15) is 31.4 Å². The van der Waals surface area contributed by atoms with E-state index in [2.05, 4.69) is 44.7 Å². The molecule has 21 heavy (non-hydrogen) atoms. The Kier molecular flexibility index (Phi) is 3.26. The van der Waals surface area contributed by atoms with Crippen LogP contribution in [0.4, 0.5) is 5.82 Å². The second-order valence-corrected chi connectivity index (χ2v) is 6.26. The van der Waals surface area contributed by atoms with Gasteiger partial charge in [-0.1, -0.05) is 24.3 Å². The van der Waals surface area contributed by atoms with Gasteiger partial charge in [0.15, 0.2) is 5.82 Å². The number of rotatable bonds is 2. The summed E-state index contributed by atoms with van der Waals surface area (Å²) < 4.78 is 0. The van der Waals surface area contributed by atoms with Gasteiger partial charge in [0.2, 0.25) is 0 Å². The Morgan fingerprint density at radius 1 is 1.10 bits per heavy atom. The molecule has 2 saturated heterocycles. The van der Waals surface area contributed by atoms with Gasteiger partial charge in [-0.05, 0) is 39.2 Å². The Morgan fingerprint density at radius 3 is 2.76 bits per heavy atom. The van der Waals surface area contributed by atoms with Crippen LogP contribution < -0.4 is 10.2 Å². The largest absolute Gasteiger partial charge is 0.350 e. The maximum absolute atomic E-state index is 4.56. The van der Waals surface area contributed by atoms with Crippen molar-refractivity contribution in [3.05, 3.63) is 30.0 Å². The van der Waals surface area contributed by atoms with Gasteiger partial charge < -0.3 is 10.2 Å². The van der Waals surface area contributed by atoms with Gasteiger partial charge in [0.25, 0.3) is 0 Å². The first-order chi connectivity index (χ1) is 10.3. The maximum Gasteiger partial charge on any atom is 0.159 e. The monoisotopic (exact) mass is 282 g/mol. The SMILES string of the molecule is Cc1nnc(N2CCCC2C2CCCN2)c2ccccc12. The second-order valence-electron chi connectivity index (χ2n) is 6.26. The summed E-state index contributed by atoms with van der Waals surface area (Å²) in [5, 5.41) is 15.1. The average Bonchev–Trinajstić information content (AvgIpc) is 3.19. The fourth-order valence-corrected chi connectivity index (χ4v) is 3.95. The number of anilines is 1. The molecule has 4 nitrogen and oxygen atoms in total. The quantitative estimate of drug-likeness (QED) is 0.919. The van der Waals surface area contributed by atoms with Crippen LogP contribution in [0.15, 0.2) is 24.3 Å². The highest BCUT2D eigenvalue weighted by Gasteiger charge is 2.34. The zero-order chi connectivity index (χ0) is 14.2. The van der Waals surface area contributed by atoms with E-state index in [0.29, 0.717) is 12.1 Å². The fraction of sp³-hybridized carbons (Fsp3) is 0.529. The van der Waals surface area contributed by atoms with Crippen molar-refractivity contribution in [1.82, 2.24) is 15.5 Å². The summed E-state index contributed by atoms with van der Waals surface area (Å²) in [5.41, 5.74) is 1.02. The number of hydrogen-bond donors (Lipinski definition) is 1. The van der Waals surface area contributed by atoms with Crippen molar-refractivity contribution in [2.24, 2.45) is 0 Å². The summed E-state index contributed by atoms with van der Waals surface area (Å²) in [7, 11) is 0. The first-order valence-corrected chi connectivity index (χ1v) is 8.06. The molecule has 2 aliphatic rings. The van der Waals surface area contributed by atoms with Crippen molar-refractivity contribution in [3.8, 4) is 0 Å². The molecule has 2 aromatic rings. The number of fused-ring (bicyclic) bond motifs is 1. The fourth-order valence-electron chi connectivity index (χ4n) is 3.95. The summed E-state index contributed by atoms with van der Waals surface area (Å²) in [5.74, 6) is 1.08. The molecule has 0 amide bonds. The van der Waals surface area contributed by atoms with E-state index in [4.69, 9.17) is 0 Å². The van der Waals surface area contributed by atoms with E-state index in [1.54, 1.807) is 0 Å². The molecule has 1 aromatic carbocycles. The lowest BCUT2D eigenvalue weighted by Crippen LogP contribution is -2.44. The predicted octanol–water partition coefficient (Wildman–Crippen LogP) is 2.66. The van der Waals surface area contributed by atoms with Gasteiger partial charge in [-0.15, -0.1) is 5.10 Å². The lowest BCUT2D eigenvalue weighted by molar-refractivity contribution is 0.481. The third-order valence-corrected chi connectivity index (χ3v) is 4.99. The molecule has 2 unspecified atom stereocenters. The minimum Gasteiger partial charge on any atom is -0.350 e. The Morgan fingerprint density at radius 2 is 1.95 bits per heavy atom. The van der Waals surface area contributed by atoms with Gasteiger partial charge in [-0.25, -0.2) is 0 Å². The minimum absolute atomic E-state index is 0.577. The molecule has 0 saturated carbocycles. The summed E-state index contributed by atoms with van der Waals surface area (Å²) in [4.78, 5) is 2.50. The van der Waals surface area contributed by atoms with Crippen LogP contribution in [0.3, 0.4) is 0 Å². The molecular weight excluding hydrogens is 260 g/mol. The van der Waals surface area contributed by atoms with Crippen LogP contribution >= 0.6 is 0 Å². The van der Waals surface area contributed by atoms with Crippen molar-refractivity contribution in [2.75, 3.05) is 18.0 Å². The normalized spacial score (nSPS) is 25.9. The number of hydrogen-bond acceptors (Lipinski definition) is 4. The molecule has 0 aliphatic carbocycles. The molecule has 2 aliphatic heterocycles. The molecule has 0 bridgehead atoms. The summed E-state index contributed by atoms with van der Waals surface area (Å²) in [6, 6.07) is 9.72. The highest BCUT2D eigenvalue weighted by molar-refractivity contribution is 5.93. The standard InChI is InChI=1S/C17H22N4/c1-12-13-6-2-3-7-14(13)17(20-19-12)21-11-5-9-16(21)15-8-4-10-18-15/h2-3,6-7,15-16,18H,4-5,8-11H2,1H3. The van der Waals surface area contributed by atoms with Crippen LogP contribution in [0.25, 0.3) is 10.8 Å². The van der Waals surface area contributed by atoms with Crippen LogP contribution in [-0.2, 0) is 0 Å². The molecule has 2 fully saturated rings. The minimum atomic E-state index is 0.577. The van der Waals surface area contributed by atoms with Crippen molar-refractivity contribution in [2.45, 2.75) is 44.7 Å². The molecule has 1 aromatic heterocycles. The number of aryl methyl sites for hydroxylation is 1. The predicted molar refractivity (Wildman–Crippen MR) is 85.7 cm³/mol. The molecule has 2 atom stereocenters. The van der Waals surface area contributed by atoms with Gasteiger partial charge in [-0.2, -0.15) is 5.10 Å². The van der Waals surface area contributed by atoms with E-state index >= 15 is 0 Å². The van der Waals surface area contributed by atoms with Crippen molar-refractivity contribution in [3.63, 3.8) is 0 Å². The van der Waals surface area contributed by atoms with Crippen LogP contribution in [0.5, 0.6) is 0 Å². The van der Waals surface area contributed by atoms with Crippen molar-refractivity contribution < 1.29 is 0 Å². The van der Waals surface area contributed by atoms with Gasteiger partial charge in [0, 0.05) is 29.4 Å². The zero-order valence-electron chi connectivity index (χ0n) is 12.5. The summed E-state index contributed by atoms with van der Waals surface area (Å²) in [6.45, 7) is 4.30. The van der Waals surface area contributed by atoms with Crippen LogP contribution in [0, 0.1) is 6.92 Å². The number of nitrogens with zero attached hydrogens (tertiary/aromatic N) is 3. The topological polar surface area (TPSA) is 41.1 Å². The van der Waals surface area contributed by atoms with E-state index in [9.17, 15) is 0 Å². The molecule has 0 spiro atoms. The Bertz CT molecular complexity index is 648. The van der Waals surface area contributed by atoms with Gasteiger partial charge in [0.05, 0.1) is 5.69 Å². The molecule has 110 valence electrons. The van der Waals surface area contributed by atoms with E-state index < -0.39 is 0 Å². The zero-order valence-corrected chi connectivity index (χ0v) is 12.5. The molecule has 0 radical (unpaired) electrons. The Hall–Kier alpha value is -1.68. The lowest BCUT2D eigenvalue weighted by Gasteiger charge is -2.31. The molecule has 4 rings (SSSR count). The number of benzene rings is 1. The number of aromatic nitrogens is 2. The number of nitrogens with one attached hydrogen (secondary N) is 1. The van der Waals surface area contributed by atoms with Crippen LogP contribution in [-0.4, -0.2) is 35.4 Å². The Balaban J connectivity index is 1.77. The van der Waals surface area contributed by atoms with Gasteiger partial charge in [-0.3, -0.25) is 0 Å². The van der Waals surface area contributed by atoms with E-state index in [0.717, 1.165) is 24.6 Å². The Labute approximate surface area is 125 Å². The third kappa shape index (κ3) is 2.18. The van der Waals surface area contributed by atoms with E-state index in [-0.39, 0.29) is 0 Å². The molecule has 4 heteroatoms. The van der Waals surface area contributed by atoms with Gasteiger partial charge in [0.1, 0.15) is 0 Å².